The van der Waals surface area contributed by atoms with Crippen LogP contribution in [0.5, 0.6) is 0 Å². The number of pyridine rings is 1. The Labute approximate surface area is 83.7 Å². The fourth-order valence-electron chi connectivity index (χ4n) is 2.83. The van der Waals surface area contributed by atoms with Crippen molar-refractivity contribution in [3.8, 4) is 0 Å². The van der Waals surface area contributed by atoms with Crippen molar-refractivity contribution >= 4 is 5.82 Å². The maximum absolute atomic E-state index is 5.57. The maximum Gasteiger partial charge on any atom is 0.123 e. The summed E-state index contributed by atoms with van der Waals surface area (Å²) in [6, 6.07) is 5.46. The summed E-state index contributed by atoms with van der Waals surface area (Å²) in [5.74, 6) is 1.28. The van der Waals surface area contributed by atoms with Gasteiger partial charge in [0.15, 0.2) is 0 Å². The number of hydrogen-bond donors (Lipinski definition) is 2. The maximum atomic E-state index is 5.57. The standard InChI is InChI=1S/C11H15N3/c12-11-4-1-7(6-13-11)9-5-8-2-3-10(9)14-8/h1,4,6,8-10,14H,2-3,5H2,(H2,12,13). The van der Waals surface area contributed by atoms with E-state index < -0.39 is 0 Å². The van der Waals surface area contributed by atoms with Gasteiger partial charge >= 0.3 is 0 Å². The predicted molar refractivity (Wildman–Crippen MR) is 56.0 cm³/mol. The van der Waals surface area contributed by atoms with Crippen LogP contribution in [0.4, 0.5) is 5.82 Å². The molecule has 3 atom stereocenters. The van der Waals surface area contributed by atoms with Crippen molar-refractivity contribution in [2.24, 2.45) is 0 Å². The molecule has 1 aromatic rings. The van der Waals surface area contributed by atoms with Gasteiger partial charge in [0.05, 0.1) is 0 Å². The lowest BCUT2D eigenvalue weighted by molar-refractivity contribution is 0.505. The van der Waals surface area contributed by atoms with E-state index in [1.54, 1.807) is 0 Å². The summed E-state index contributed by atoms with van der Waals surface area (Å²) in [5.41, 5.74) is 6.92. The highest BCUT2D eigenvalue weighted by molar-refractivity contribution is 5.32. The van der Waals surface area contributed by atoms with Crippen LogP contribution in [0.3, 0.4) is 0 Å². The van der Waals surface area contributed by atoms with E-state index in [0.29, 0.717) is 17.8 Å². The zero-order valence-corrected chi connectivity index (χ0v) is 8.11. The Hall–Kier alpha value is -1.09. The molecule has 3 rings (SSSR count). The van der Waals surface area contributed by atoms with Gasteiger partial charge in [-0.25, -0.2) is 4.98 Å². The third-order valence-electron chi connectivity index (χ3n) is 3.54. The lowest BCUT2D eigenvalue weighted by Gasteiger charge is -2.19. The van der Waals surface area contributed by atoms with E-state index in [1.165, 1.54) is 24.8 Å². The van der Waals surface area contributed by atoms with Crippen LogP contribution >= 0.6 is 0 Å². The molecular weight excluding hydrogens is 174 g/mol. The molecular formula is C11H15N3. The molecule has 3 unspecified atom stereocenters. The number of nitrogens with two attached hydrogens (primary N) is 1. The van der Waals surface area contributed by atoms with Crippen LogP contribution in [0.2, 0.25) is 0 Å². The lowest BCUT2D eigenvalue weighted by atomic mass is 9.85. The van der Waals surface area contributed by atoms with E-state index in [1.807, 2.05) is 12.3 Å². The van der Waals surface area contributed by atoms with Crippen molar-refractivity contribution in [2.75, 3.05) is 5.73 Å². The van der Waals surface area contributed by atoms with Gasteiger partial charge in [-0.15, -0.1) is 0 Å². The molecule has 0 amide bonds. The quantitative estimate of drug-likeness (QED) is 0.699. The van der Waals surface area contributed by atoms with Gasteiger partial charge in [-0.2, -0.15) is 0 Å². The Morgan fingerprint density at radius 2 is 2.29 bits per heavy atom. The van der Waals surface area contributed by atoms with Crippen molar-refractivity contribution in [3.63, 3.8) is 0 Å². The lowest BCUT2D eigenvalue weighted by Crippen LogP contribution is -2.21. The monoisotopic (exact) mass is 189 g/mol. The number of hydrogen-bond acceptors (Lipinski definition) is 3. The molecule has 3 heteroatoms. The molecule has 0 aromatic carbocycles. The molecule has 0 saturated carbocycles. The van der Waals surface area contributed by atoms with Crippen molar-refractivity contribution < 1.29 is 0 Å². The summed E-state index contributed by atoms with van der Waals surface area (Å²) >= 11 is 0. The molecule has 0 radical (unpaired) electrons. The second-order valence-corrected chi connectivity index (χ2v) is 4.41. The average Bonchev–Trinajstić information content (AvgIpc) is 2.80. The Kier molecular flexibility index (Phi) is 1.74. The summed E-state index contributed by atoms with van der Waals surface area (Å²) in [6.07, 6.45) is 5.88. The van der Waals surface area contributed by atoms with Gasteiger partial charge in [0.25, 0.3) is 0 Å². The number of nitrogens with zero attached hydrogens (tertiary/aromatic N) is 1. The number of rotatable bonds is 1. The molecule has 74 valence electrons. The van der Waals surface area contributed by atoms with Crippen LogP contribution in [0, 0.1) is 0 Å². The minimum Gasteiger partial charge on any atom is -0.384 e. The summed E-state index contributed by atoms with van der Waals surface area (Å²) < 4.78 is 0. The Morgan fingerprint density at radius 1 is 1.36 bits per heavy atom. The molecule has 2 bridgehead atoms. The Bertz CT molecular complexity index is 333. The minimum atomic E-state index is 0.616. The highest BCUT2D eigenvalue weighted by Crippen LogP contribution is 2.39. The zero-order valence-electron chi connectivity index (χ0n) is 8.11. The van der Waals surface area contributed by atoms with Gasteiger partial charge in [0, 0.05) is 24.2 Å². The normalized spacial score (nSPS) is 35.0. The molecule has 2 aliphatic rings. The molecule has 14 heavy (non-hydrogen) atoms. The van der Waals surface area contributed by atoms with Gasteiger partial charge in [0.1, 0.15) is 5.82 Å². The molecule has 0 spiro atoms. The van der Waals surface area contributed by atoms with E-state index >= 15 is 0 Å². The fraction of sp³-hybridized carbons (Fsp3) is 0.545. The van der Waals surface area contributed by atoms with Crippen molar-refractivity contribution in [1.29, 1.82) is 0 Å². The molecule has 2 fully saturated rings. The van der Waals surface area contributed by atoms with Crippen LogP contribution in [-0.4, -0.2) is 17.1 Å². The minimum absolute atomic E-state index is 0.616. The number of anilines is 1. The topological polar surface area (TPSA) is 50.9 Å². The highest BCUT2D eigenvalue weighted by atomic mass is 15.0. The summed E-state index contributed by atoms with van der Waals surface area (Å²) in [7, 11) is 0. The van der Waals surface area contributed by atoms with E-state index in [0.717, 1.165) is 6.04 Å². The first-order valence-corrected chi connectivity index (χ1v) is 5.30. The van der Waals surface area contributed by atoms with E-state index in [9.17, 15) is 0 Å². The SMILES string of the molecule is Nc1ccc(C2CC3CCC2N3)cn1. The van der Waals surface area contributed by atoms with Crippen LogP contribution in [0.1, 0.15) is 30.7 Å². The molecule has 0 aliphatic carbocycles. The first-order chi connectivity index (χ1) is 6.83. The molecule has 2 aliphatic heterocycles. The van der Waals surface area contributed by atoms with Gasteiger partial charge in [-0.05, 0) is 30.9 Å². The van der Waals surface area contributed by atoms with Crippen LogP contribution < -0.4 is 11.1 Å². The number of nitrogens with one attached hydrogen (secondary N) is 1. The van der Waals surface area contributed by atoms with Crippen molar-refractivity contribution in [2.45, 2.75) is 37.3 Å². The van der Waals surface area contributed by atoms with Crippen molar-refractivity contribution in [3.05, 3.63) is 23.9 Å². The zero-order chi connectivity index (χ0) is 9.54. The van der Waals surface area contributed by atoms with Crippen LogP contribution in [-0.2, 0) is 0 Å². The van der Waals surface area contributed by atoms with E-state index in [2.05, 4.69) is 16.4 Å². The number of fused-ring (bicyclic) bond motifs is 2. The first-order valence-electron chi connectivity index (χ1n) is 5.30. The number of aromatic nitrogens is 1. The van der Waals surface area contributed by atoms with Gasteiger partial charge in [-0.3, -0.25) is 0 Å². The molecule has 2 saturated heterocycles. The van der Waals surface area contributed by atoms with Crippen molar-refractivity contribution in [1.82, 2.24) is 10.3 Å². The van der Waals surface area contributed by atoms with E-state index in [4.69, 9.17) is 5.73 Å². The molecule has 1 aromatic heterocycles. The number of nitrogen functional groups attached to an aromatic ring is 1. The second kappa shape index (κ2) is 2.95. The van der Waals surface area contributed by atoms with Gasteiger partial charge in [-0.1, -0.05) is 6.07 Å². The third-order valence-corrected chi connectivity index (χ3v) is 3.54. The predicted octanol–water partition coefficient (Wildman–Crippen LogP) is 1.27. The Morgan fingerprint density at radius 3 is 2.86 bits per heavy atom. The van der Waals surface area contributed by atoms with Crippen LogP contribution in [0.15, 0.2) is 18.3 Å². The first kappa shape index (κ1) is 8.24. The fourth-order valence-corrected chi connectivity index (χ4v) is 2.83. The Balaban J connectivity index is 1.86. The van der Waals surface area contributed by atoms with E-state index in [-0.39, 0.29) is 0 Å². The molecule has 3 N–H and O–H groups in total. The molecule has 3 heterocycles. The second-order valence-electron chi connectivity index (χ2n) is 4.41. The largest absolute Gasteiger partial charge is 0.384 e. The average molecular weight is 189 g/mol. The summed E-state index contributed by atoms with van der Waals surface area (Å²) in [5, 5.41) is 3.63. The molecule has 3 nitrogen and oxygen atoms in total. The van der Waals surface area contributed by atoms with Crippen LogP contribution in [0.25, 0.3) is 0 Å². The third kappa shape index (κ3) is 1.20. The highest BCUT2D eigenvalue weighted by Gasteiger charge is 2.39. The van der Waals surface area contributed by atoms with Gasteiger partial charge < -0.3 is 11.1 Å². The van der Waals surface area contributed by atoms with Gasteiger partial charge in [0.2, 0.25) is 0 Å². The summed E-state index contributed by atoms with van der Waals surface area (Å²) in [6.45, 7) is 0. The smallest absolute Gasteiger partial charge is 0.123 e. The summed E-state index contributed by atoms with van der Waals surface area (Å²) in [4.78, 5) is 4.16.